The maximum atomic E-state index is 3.58. The summed E-state index contributed by atoms with van der Waals surface area (Å²) in [6, 6.07) is 10.2. The zero-order valence-electron chi connectivity index (χ0n) is 10.4. The van der Waals surface area contributed by atoms with Crippen LogP contribution in [0.5, 0.6) is 0 Å². The smallest absolute Gasteiger partial charge is 0.0421 e. The van der Waals surface area contributed by atoms with E-state index in [9.17, 15) is 0 Å². The molecule has 1 fully saturated rings. The molecule has 0 saturated carbocycles. The second kappa shape index (κ2) is 4.91. The van der Waals surface area contributed by atoms with Crippen molar-refractivity contribution in [2.45, 2.75) is 31.8 Å². The highest BCUT2D eigenvalue weighted by molar-refractivity contribution is 7.99. The van der Waals surface area contributed by atoms with Crippen molar-refractivity contribution in [3.05, 3.63) is 29.8 Å². The third-order valence-corrected chi connectivity index (χ3v) is 4.88. The first kappa shape index (κ1) is 11.4. The van der Waals surface area contributed by atoms with Crippen LogP contribution in [0.2, 0.25) is 0 Å². The molecule has 2 nitrogen and oxygen atoms in total. The molecule has 92 valence electrons. The molecular weight excluding hydrogens is 228 g/mol. The van der Waals surface area contributed by atoms with Crippen LogP contribution in [-0.4, -0.2) is 30.3 Å². The molecule has 0 bridgehead atoms. The minimum absolute atomic E-state index is 0.661. The lowest BCUT2D eigenvalue weighted by Crippen LogP contribution is -2.45. The number of nitrogens with one attached hydrogen (secondary N) is 1. The van der Waals surface area contributed by atoms with Crippen molar-refractivity contribution in [3.63, 3.8) is 0 Å². The molecule has 1 N–H and O–H groups in total. The van der Waals surface area contributed by atoms with E-state index in [-0.39, 0.29) is 0 Å². The van der Waals surface area contributed by atoms with Gasteiger partial charge in [0.15, 0.2) is 0 Å². The van der Waals surface area contributed by atoms with E-state index < -0.39 is 0 Å². The molecule has 0 spiro atoms. The average molecular weight is 248 g/mol. The van der Waals surface area contributed by atoms with Gasteiger partial charge in [-0.25, -0.2) is 0 Å². The van der Waals surface area contributed by atoms with Crippen LogP contribution in [0.1, 0.15) is 18.9 Å². The highest BCUT2D eigenvalue weighted by Crippen LogP contribution is 2.30. The van der Waals surface area contributed by atoms with Gasteiger partial charge in [0.25, 0.3) is 0 Å². The number of rotatable bonds is 2. The zero-order valence-corrected chi connectivity index (χ0v) is 11.2. The van der Waals surface area contributed by atoms with Gasteiger partial charge in [0, 0.05) is 35.9 Å². The number of hydrogen-bond acceptors (Lipinski definition) is 3. The minimum atomic E-state index is 0.661. The van der Waals surface area contributed by atoms with Crippen LogP contribution in [0.4, 0.5) is 5.69 Å². The number of aryl methyl sites for hydroxylation is 1. The maximum absolute atomic E-state index is 3.58. The lowest BCUT2D eigenvalue weighted by atomic mass is 9.96. The van der Waals surface area contributed by atoms with E-state index in [1.165, 1.54) is 29.8 Å². The van der Waals surface area contributed by atoms with Crippen molar-refractivity contribution in [2.24, 2.45) is 0 Å². The second-order valence-electron chi connectivity index (χ2n) is 5.08. The fourth-order valence-corrected chi connectivity index (χ4v) is 3.81. The average Bonchev–Trinajstić information content (AvgIpc) is 2.86. The van der Waals surface area contributed by atoms with Crippen LogP contribution in [0.15, 0.2) is 24.3 Å². The first-order valence-electron chi connectivity index (χ1n) is 6.50. The quantitative estimate of drug-likeness (QED) is 0.865. The van der Waals surface area contributed by atoms with Gasteiger partial charge in [-0.1, -0.05) is 18.2 Å². The topological polar surface area (TPSA) is 15.3 Å². The Hall–Kier alpha value is -0.670. The van der Waals surface area contributed by atoms with Crippen molar-refractivity contribution in [2.75, 3.05) is 23.1 Å². The Morgan fingerprint density at radius 1 is 1.41 bits per heavy atom. The summed E-state index contributed by atoms with van der Waals surface area (Å²) in [7, 11) is 0. The Bertz CT molecular complexity index is 388. The van der Waals surface area contributed by atoms with Gasteiger partial charge in [-0.3, -0.25) is 0 Å². The SMILES string of the molecule is CC1CCc2ccccc2N1CC1CSCN1. The minimum Gasteiger partial charge on any atom is -0.367 e. The lowest BCUT2D eigenvalue weighted by molar-refractivity contribution is 0.515. The van der Waals surface area contributed by atoms with Crippen LogP contribution < -0.4 is 10.2 Å². The molecule has 2 heterocycles. The Kier molecular flexibility index (Phi) is 3.30. The summed E-state index contributed by atoms with van der Waals surface area (Å²) < 4.78 is 0. The van der Waals surface area contributed by atoms with Crippen LogP contribution in [0.25, 0.3) is 0 Å². The normalized spacial score (nSPS) is 28.2. The molecule has 1 aromatic carbocycles. The second-order valence-corrected chi connectivity index (χ2v) is 6.12. The van der Waals surface area contributed by atoms with Crippen LogP contribution in [-0.2, 0) is 6.42 Å². The zero-order chi connectivity index (χ0) is 11.7. The van der Waals surface area contributed by atoms with Gasteiger partial charge in [0.1, 0.15) is 0 Å². The molecule has 0 radical (unpaired) electrons. The summed E-state index contributed by atoms with van der Waals surface area (Å²) in [4.78, 5) is 2.60. The number of thioether (sulfide) groups is 1. The highest BCUT2D eigenvalue weighted by atomic mass is 32.2. The van der Waals surface area contributed by atoms with E-state index in [0.717, 1.165) is 12.4 Å². The van der Waals surface area contributed by atoms with Gasteiger partial charge < -0.3 is 10.2 Å². The largest absolute Gasteiger partial charge is 0.367 e. The molecule has 1 saturated heterocycles. The molecule has 0 aliphatic carbocycles. The summed E-state index contributed by atoms with van der Waals surface area (Å²) in [6.07, 6.45) is 2.53. The maximum Gasteiger partial charge on any atom is 0.0421 e. The van der Waals surface area contributed by atoms with Gasteiger partial charge >= 0.3 is 0 Å². The Morgan fingerprint density at radius 2 is 2.29 bits per heavy atom. The number of benzene rings is 1. The third kappa shape index (κ3) is 2.31. The van der Waals surface area contributed by atoms with E-state index in [4.69, 9.17) is 0 Å². The molecule has 2 aliphatic heterocycles. The molecule has 0 amide bonds. The summed E-state index contributed by atoms with van der Waals surface area (Å²) in [5, 5.41) is 3.58. The number of fused-ring (bicyclic) bond motifs is 1. The highest BCUT2D eigenvalue weighted by Gasteiger charge is 2.26. The van der Waals surface area contributed by atoms with E-state index in [1.54, 1.807) is 0 Å². The molecule has 2 unspecified atom stereocenters. The predicted octanol–water partition coefficient (Wildman–Crippen LogP) is 2.49. The Labute approximate surface area is 108 Å². The van der Waals surface area contributed by atoms with Crippen molar-refractivity contribution in [1.29, 1.82) is 0 Å². The molecule has 3 rings (SSSR count). The lowest BCUT2D eigenvalue weighted by Gasteiger charge is -2.38. The fourth-order valence-electron chi connectivity index (χ4n) is 2.83. The van der Waals surface area contributed by atoms with Gasteiger partial charge in [-0.2, -0.15) is 0 Å². The van der Waals surface area contributed by atoms with Crippen molar-refractivity contribution < 1.29 is 0 Å². The van der Waals surface area contributed by atoms with E-state index in [1.807, 2.05) is 11.8 Å². The van der Waals surface area contributed by atoms with Crippen molar-refractivity contribution in [3.8, 4) is 0 Å². The van der Waals surface area contributed by atoms with Crippen molar-refractivity contribution >= 4 is 17.4 Å². The fraction of sp³-hybridized carbons (Fsp3) is 0.571. The Morgan fingerprint density at radius 3 is 3.12 bits per heavy atom. The van der Waals surface area contributed by atoms with Crippen molar-refractivity contribution in [1.82, 2.24) is 5.32 Å². The summed E-state index contributed by atoms with van der Waals surface area (Å²) in [5.74, 6) is 2.37. The molecule has 17 heavy (non-hydrogen) atoms. The standard InChI is InChI=1S/C14H20N2S/c1-11-6-7-12-4-2-3-5-14(12)16(11)8-13-9-17-10-15-13/h2-5,11,13,15H,6-10H2,1H3. The monoisotopic (exact) mass is 248 g/mol. The molecular formula is C14H20N2S. The van der Waals surface area contributed by atoms with Gasteiger partial charge in [-0.15, -0.1) is 11.8 Å². The number of hydrogen-bond donors (Lipinski definition) is 1. The Balaban J connectivity index is 1.81. The first-order valence-corrected chi connectivity index (χ1v) is 7.66. The summed E-state index contributed by atoms with van der Waals surface area (Å²) in [6.45, 7) is 3.52. The molecule has 2 atom stereocenters. The van der Waals surface area contributed by atoms with E-state index >= 15 is 0 Å². The van der Waals surface area contributed by atoms with Crippen LogP contribution in [0, 0.1) is 0 Å². The van der Waals surface area contributed by atoms with Gasteiger partial charge in [0.2, 0.25) is 0 Å². The van der Waals surface area contributed by atoms with E-state index in [0.29, 0.717) is 12.1 Å². The van der Waals surface area contributed by atoms with Crippen LogP contribution >= 0.6 is 11.8 Å². The summed E-state index contributed by atoms with van der Waals surface area (Å²) in [5.41, 5.74) is 2.99. The molecule has 0 aromatic heterocycles. The van der Waals surface area contributed by atoms with Gasteiger partial charge in [0.05, 0.1) is 0 Å². The summed E-state index contributed by atoms with van der Waals surface area (Å²) >= 11 is 2.02. The number of anilines is 1. The predicted molar refractivity (Wildman–Crippen MR) is 75.8 cm³/mol. The first-order chi connectivity index (χ1) is 8.34. The molecule has 3 heteroatoms. The molecule has 2 aliphatic rings. The molecule has 1 aromatic rings. The van der Waals surface area contributed by atoms with Gasteiger partial charge in [-0.05, 0) is 31.4 Å². The van der Waals surface area contributed by atoms with Crippen LogP contribution in [0.3, 0.4) is 0 Å². The third-order valence-electron chi connectivity index (χ3n) is 3.87. The number of nitrogens with zero attached hydrogens (tertiary/aromatic N) is 1. The number of para-hydroxylation sites is 1. The van der Waals surface area contributed by atoms with E-state index in [2.05, 4.69) is 41.4 Å².